The van der Waals surface area contributed by atoms with Gasteiger partial charge in [-0.2, -0.15) is 4.57 Å². The minimum absolute atomic E-state index is 0.104. The summed E-state index contributed by atoms with van der Waals surface area (Å²) in [6, 6.07) is 19.3. The van der Waals surface area contributed by atoms with E-state index in [0.29, 0.717) is 6.54 Å². The van der Waals surface area contributed by atoms with Crippen LogP contribution in [0.3, 0.4) is 0 Å². The third kappa shape index (κ3) is 7.49. The van der Waals surface area contributed by atoms with Gasteiger partial charge in [0.2, 0.25) is 17.8 Å². The Morgan fingerprint density at radius 1 is 0.385 bits per heavy atom. The largest absolute Gasteiger partial charge is 0.287 e. The van der Waals surface area contributed by atoms with Gasteiger partial charge >= 0.3 is 0 Å². The molecule has 0 radical (unpaired) electrons. The van der Waals surface area contributed by atoms with Crippen molar-refractivity contribution in [2.45, 2.75) is 11.4 Å². The van der Waals surface area contributed by atoms with Crippen molar-refractivity contribution in [3.63, 3.8) is 0 Å². The Labute approximate surface area is 354 Å². The number of halogens is 20. The minimum atomic E-state index is -7.22. The molecule has 7 aromatic rings. The zero-order valence-electron chi connectivity index (χ0n) is 31.0. The molecule has 1 heterocycles. The van der Waals surface area contributed by atoms with Gasteiger partial charge in [0.1, 0.15) is 52.7 Å². The van der Waals surface area contributed by atoms with E-state index in [1.54, 1.807) is 0 Å². The number of para-hydroxylation sites is 1. The summed E-state index contributed by atoms with van der Waals surface area (Å²) in [6.45, 7) is 0.332. The Bertz CT molecular complexity index is 2730. The van der Waals surface area contributed by atoms with E-state index in [0.717, 1.165) is 21.4 Å². The molecule has 2 nitrogen and oxygen atoms in total. The maximum absolute atomic E-state index is 15.4. The number of benzene rings is 6. The van der Waals surface area contributed by atoms with Gasteiger partial charge in [0.15, 0.2) is 76.0 Å². The van der Waals surface area contributed by atoms with Crippen molar-refractivity contribution in [2.24, 2.45) is 0 Å². The highest BCUT2D eigenvalue weighted by molar-refractivity contribution is 7.80. The Kier molecular flexibility index (Phi) is 13.1. The van der Waals surface area contributed by atoms with Crippen molar-refractivity contribution in [1.29, 1.82) is 0 Å². The van der Waals surface area contributed by atoms with Crippen molar-refractivity contribution >= 4 is 57.3 Å². The van der Waals surface area contributed by atoms with E-state index in [2.05, 4.69) is 12.6 Å². The first-order chi connectivity index (χ1) is 30.5. The number of hydrogen-bond acceptors (Lipinski definition) is 2. The number of fused-ring (bicyclic) bond motifs is 1. The fourth-order valence-corrected chi connectivity index (χ4v) is 7.41. The molecule has 338 valence electrons. The van der Waals surface area contributed by atoms with E-state index in [4.69, 9.17) is 0 Å². The SMILES string of the molecule is Fc1c(F)c(F)c([B-](c2c(F)c(F)c(F)c(F)c2F)(c2c(F)c(F)c(F)c(F)c2F)c2c(F)c(F)c(F)c(F)c2F)c(F)c1F.O=C(C[n+]1ccc(S)c2ccccc21)c1ccccc1. The van der Waals surface area contributed by atoms with Crippen LogP contribution in [0.25, 0.3) is 10.9 Å². The summed E-state index contributed by atoms with van der Waals surface area (Å²) < 4.78 is 296. The van der Waals surface area contributed by atoms with Gasteiger partial charge in [0.05, 0.1) is 5.39 Å². The molecule has 65 heavy (non-hydrogen) atoms. The normalized spacial score (nSPS) is 11.6. The zero-order valence-corrected chi connectivity index (χ0v) is 31.9. The van der Waals surface area contributed by atoms with Crippen LogP contribution in [0.5, 0.6) is 0 Å². The molecule has 0 atom stereocenters. The second kappa shape index (κ2) is 17.8. The van der Waals surface area contributed by atoms with Crippen LogP contribution < -0.4 is 26.4 Å². The molecule has 0 aliphatic carbocycles. The Hall–Kier alpha value is -6.59. The van der Waals surface area contributed by atoms with E-state index < -0.39 is 144 Å². The van der Waals surface area contributed by atoms with Gasteiger partial charge < -0.3 is 0 Å². The summed E-state index contributed by atoms with van der Waals surface area (Å²) >= 11 is 4.46. The fraction of sp³-hybridized carbons (Fsp3) is 0.0244. The standard InChI is InChI=1S/C24BF20.C17H13NOS/c26-5-1(6(27)14(35)21(42)13(5)34)25(2-7(28)15(36)22(43)16(37)8(2)29,3-9(30)17(38)23(44)18(39)10(3)31)4-11(32)19(40)24(45)20(41)12(4)33;19-16(13-6-2-1-3-7-13)12-18-11-10-17(20)14-8-4-5-9-15(14)18/h;1-11H,12H2/q-1;/p+1. The summed E-state index contributed by atoms with van der Waals surface area (Å²) in [5.41, 5.74) is -12.6. The van der Waals surface area contributed by atoms with E-state index in [9.17, 15) is 57.5 Å². The van der Waals surface area contributed by atoms with Crippen molar-refractivity contribution in [1.82, 2.24) is 0 Å². The molecule has 0 fully saturated rings. The average Bonchev–Trinajstić information content (AvgIpc) is 3.30. The molecule has 0 saturated carbocycles. The molecule has 1 aromatic heterocycles. The first-order valence-electron chi connectivity index (χ1n) is 17.4. The van der Waals surface area contributed by atoms with Crippen LogP contribution in [0, 0.1) is 116 Å². The lowest BCUT2D eigenvalue weighted by Gasteiger charge is -2.44. The van der Waals surface area contributed by atoms with Crippen molar-refractivity contribution in [3.8, 4) is 0 Å². The Morgan fingerprint density at radius 2 is 0.662 bits per heavy atom. The van der Waals surface area contributed by atoms with Gasteiger partial charge in [-0.1, -0.05) is 42.5 Å². The van der Waals surface area contributed by atoms with Crippen molar-refractivity contribution in [2.75, 3.05) is 0 Å². The van der Waals surface area contributed by atoms with E-state index >= 15 is 35.1 Å². The van der Waals surface area contributed by atoms with Crippen LogP contribution in [0.15, 0.2) is 71.8 Å². The predicted octanol–water partition coefficient (Wildman–Crippen LogP) is 9.14. The molecule has 0 saturated heterocycles. The Morgan fingerprint density at radius 3 is 0.985 bits per heavy atom. The average molecular weight is 959 g/mol. The van der Waals surface area contributed by atoms with E-state index in [1.165, 1.54) is 0 Å². The number of pyridine rings is 1. The molecule has 0 bridgehead atoms. The maximum atomic E-state index is 15.4. The Balaban J connectivity index is 0.000000289. The highest BCUT2D eigenvalue weighted by Gasteiger charge is 2.52. The zero-order chi connectivity index (χ0) is 48.3. The third-order valence-electron chi connectivity index (χ3n) is 10.0. The van der Waals surface area contributed by atoms with Gasteiger partial charge in [-0.05, 0) is 6.07 Å². The fourth-order valence-electron chi connectivity index (χ4n) is 7.15. The molecule has 6 aromatic carbocycles. The summed E-state index contributed by atoms with van der Waals surface area (Å²) in [7, 11) is 0. The lowest BCUT2D eigenvalue weighted by atomic mass is 9.12. The number of ketones is 1. The van der Waals surface area contributed by atoms with Crippen LogP contribution in [0.4, 0.5) is 87.8 Å². The highest BCUT2D eigenvalue weighted by atomic mass is 32.1. The number of nitrogens with zero attached hydrogens (tertiary/aromatic N) is 1. The maximum Gasteiger partial charge on any atom is 0.227 e. The molecule has 0 N–H and O–H groups in total. The summed E-state index contributed by atoms with van der Waals surface area (Å²) in [6.07, 6.45) is -5.31. The van der Waals surface area contributed by atoms with Crippen molar-refractivity contribution in [3.05, 3.63) is 189 Å². The van der Waals surface area contributed by atoms with Gasteiger partial charge in [-0.15, -0.1) is 34.5 Å². The highest BCUT2D eigenvalue weighted by Crippen LogP contribution is 2.31. The molecule has 24 heteroatoms. The molecule has 0 amide bonds. The predicted molar refractivity (Wildman–Crippen MR) is 191 cm³/mol. The monoisotopic (exact) mass is 959 g/mol. The number of aromatic nitrogens is 1. The summed E-state index contributed by atoms with van der Waals surface area (Å²) in [5.74, 6) is -71.3. The molecular formula is C41H14BF20NOS. The quantitative estimate of drug-likeness (QED) is 0.0322. The lowest BCUT2D eigenvalue weighted by Crippen LogP contribution is -2.81. The second-order valence-corrected chi connectivity index (χ2v) is 13.9. The van der Waals surface area contributed by atoms with Crippen LogP contribution in [-0.2, 0) is 6.54 Å². The lowest BCUT2D eigenvalue weighted by molar-refractivity contribution is -0.657. The molecule has 0 aliphatic rings. The van der Waals surface area contributed by atoms with Gasteiger partial charge in [0, 0.05) is 22.6 Å². The number of carbonyl (C=O) groups excluding carboxylic acids is 1. The van der Waals surface area contributed by atoms with Crippen molar-refractivity contribution < 1.29 is 97.2 Å². The van der Waals surface area contributed by atoms with Gasteiger partial charge in [0.25, 0.3) is 0 Å². The summed E-state index contributed by atoms with van der Waals surface area (Å²) in [5, 5.41) is 1.05. The van der Waals surface area contributed by atoms with Crippen LogP contribution in [-0.4, -0.2) is 11.9 Å². The molecule has 7 rings (SSSR count). The van der Waals surface area contributed by atoms with E-state index in [1.807, 2.05) is 71.4 Å². The smallest absolute Gasteiger partial charge is 0.227 e. The van der Waals surface area contributed by atoms with Gasteiger partial charge in [-0.3, -0.25) is 4.79 Å². The molecule has 0 spiro atoms. The van der Waals surface area contributed by atoms with Crippen LogP contribution in [0.1, 0.15) is 10.4 Å². The molecule has 0 aliphatic heterocycles. The number of thiol groups is 1. The first kappa shape index (κ1) is 47.9. The number of rotatable bonds is 7. The summed E-state index contributed by atoms with van der Waals surface area (Å²) in [4.78, 5) is 13.2. The van der Waals surface area contributed by atoms with Gasteiger partial charge in [-0.25, -0.2) is 87.8 Å². The second-order valence-electron chi connectivity index (χ2n) is 13.4. The van der Waals surface area contributed by atoms with Crippen LogP contribution >= 0.6 is 12.6 Å². The molecule has 0 unspecified atom stereocenters. The molecular weight excluding hydrogens is 945 g/mol. The number of Topliss-reactive ketones (excluding diaryl/α,β-unsaturated/α-hetero) is 1. The first-order valence-corrected chi connectivity index (χ1v) is 17.8. The van der Waals surface area contributed by atoms with E-state index in [-0.39, 0.29) is 5.78 Å². The number of hydrogen-bond donors (Lipinski definition) is 1. The minimum Gasteiger partial charge on any atom is -0.287 e. The topological polar surface area (TPSA) is 20.9 Å². The number of carbonyl (C=O) groups is 1. The van der Waals surface area contributed by atoms with Crippen LogP contribution in [0.2, 0.25) is 0 Å². The third-order valence-corrected chi connectivity index (χ3v) is 10.4.